The van der Waals surface area contributed by atoms with Crippen LogP contribution in [0.1, 0.15) is 12.8 Å². The molecule has 1 amide bonds. The van der Waals surface area contributed by atoms with Gasteiger partial charge in [0.1, 0.15) is 5.75 Å². The molecule has 0 aliphatic carbocycles. The number of hydrogen-bond acceptors (Lipinski definition) is 5. The maximum absolute atomic E-state index is 13.3. The van der Waals surface area contributed by atoms with Gasteiger partial charge in [0.05, 0.1) is 22.9 Å². The number of carbonyl (C=O) groups excluding carboxylic acids is 1. The summed E-state index contributed by atoms with van der Waals surface area (Å²) in [4.78, 5) is 16.4. The molecule has 0 bridgehead atoms. The maximum Gasteiger partial charge on any atom is 0.243 e. The number of nitrogens with zero attached hydrogens (tertiary/aromatic N) is 2. The van der Waals surface area contributed by atoms with Crippen molar-refractivity contribution in [2.75, 3.05) is 19.7 Å². The number of aromatic nitrogens is 1. The first kappa shape index (κ1) is 21.5. The van der Waals surface area contributed by atoms with E-state index >= 15 is 0 Å². The molecule has 1 unspecified atom stereocenters. The summed E-state index contributed by atoms with van der Waals surface area (Å²) >= 11 is 6.25. The molecule has 1 aliphatic rings. The Morgan fingerprint density at radius 2 is 1.97 bits per heavy atom. The first-order valence-corrected chi connectivity index (χ1v) is 11.8. The van der Waals surface area contributed by atoms with Crippen LogP contribution in [0.5, 0.6) is 5.75 Å². The highest BCUT2D eigenvalue weighted by molar-refractivity contribution is 7.89. The highest BCUT2D eigenvalue weighted by Crippen LogP contribution is 2.32. The Hall–Kier alpha value is -2.68. The van der Waals surface area contributed by atoms with Gasteiger partial charge in [-0.2, -0.15) is 4.31 Å². The second-order valence-corrected chi connectivity index (χ2v) is 9.62. The van der Waals surface area contributed by atoms with Crippen LogP contribution < -0.4 is 10.1 Å². The molecule has 3 aromatic rings. The van der Waals surface area contributed by atoms with Gasteiger partial charge in [-0.1, -0.05) is 41.9 Å². The average Bonchev–Trinajstić information content (AvgIpc) is 3.23. The largest absolute Gasteiger partial charge is 0.493 e. The topological polar surface area (TPSA) is 88.6 Å². The van der Waals surface area contributed by atoms with Crippen LogP contribution in [-0.2, 0) is 14.8 Å². The molecular weight excluding hydrogens is 438 g/mol. The van der Waals surface area contributed by atoms with Crippen molar-refractivity contribution in [3.8, 4) is 5.75 Å². The minimum atomic E-state index is -3.76. The van der Waals surface area contributed by atoms with Crippen LogP contribution in [0, 0.1) is 0 Å². The number of nitrogens with one attached hydrogen (secondary N) is 1. The van der Waals surface area contributed by atoms with E-state index < -0.39 is 10.0 Å². The summed E-state index contributed by atoms with van der Waals surface area (Å²) in [6.07, 6.45) is 3.77. The molecule has 0 saturated carbocycles. The van der Waals surface area contributed by atoms with E-state index in [1.54, 1.807) is 24.4 Å². The van der Waals surface area contributed by atoms with Crippen LogP contribution in [0.3, 0.4) is 0 Å². The van der Waals surface area contributed by atoms with Crippen LogP contribution in [0.15, 0.2) is 65.8 Å². The maximum atomic E-state index is 13.3. The zero-order valence-corrected chi connectivity index (χ0v) is 18.3. The van der Waals surface area contributed by atoms with Gasteiger partial charge in [0.2, 0.25) is 15.9 Å². The molecule has 1 N–H and O–H groups in total. The van der Waals surface area contributed by atoms with Crippen molar-refractivity contribution in [2.24, 2.45) is 0 Å². The van der Waals surface area contributed by atoms with Crippen molar-refractivity contribution in [3.05, 3.63) is 65.9 Å². The number of amides is 1. The SMILES string of the molecule is O=C(CCOc1ccccc1)NC1CCN(S(=O)(=O)c2cccc3cncc(Cl)c23)C1. The fraction of sp³-hybridized carbons (Fsp3) is 0.273. The van der Waals surface area contributed by atoms with Gasteiger partial charge in [0.25, 0.3) is 0 Å². The Labute approximate surface area is 186 Å². The number of hydrogen-bond donors (Lipinski definition) is 1. The Kier molecular flexibility index (Phi) is 6.41. The molecular formula is C22H22ClN3O4S. The molecule has 1 aliphatic heterocycles. The fourth-order valence-electron chi connectivity index (χ4n) is 3.66. The fourth-order valence-corrected chi connectivity index (χ4v) is 5.72. The normalized spacial score (nSPS) is 17.0. The van der Waals surface area contributed by atoms with Crippen molar-refractivity contribution >= 4 is 38.3 Å². The number of rotatable bonds is 7. The molecule has 2 heterocycles. The molecule has 2 aromatic carbocycles. The van der Waals surface area contributed by atoms with Crippen molar-refractivity contribution in [3.63, 3.8) is 0 Å². The van der Waals surface area contributed by atoms with Gasteiger partial charge < -0.3 is 10.1 Å². The van der Waals surface area contributed by atoms with Crippen molar-refractivity contribution < 1.29 is 17.9 Å². The lowest BCUT2D eigenvalue weighted by atomic mass is 10.2. The van der Waals surface area contributed by atoms with E-state index in [0.717, 1.165) is 0 Å². The summed E-state index contributed by atoms with van der Waals surface area (Å²) in [5.41, 5.74) is 0. The van der Waals surface area contributed by atoms with E-state index in [2.05, 4.69) is 10.3 Å². The summed E-state index contributed by atoms with van der Waals surface area (Å²) in [6.45, 7) is 0.798. The van der Waals surface area contributed by atoms with Gasteiger partial charge in [-0.25, -0.2) is 8.42 Å². The number of sulfonamides is 1. The minimum absolute atomic E-state index is 0.153. The lowest BCUT2D eigenvalue weighted by molar-refractivity contribution is -0.122. The molecule has 1 atom stereocenters. The van der Waals surface area contributed by atoms with Gasteiger partial charge in [-0.15, -0.1) is 0 Å². The molecule has 162 valence electrons. The highest BCUT2D eigenvalue weighted by Gasteiger charge is 2.34. The minimum Gasteiger partial charge on any atom is -0.493 e. The summed E-state index contributed by atoms with van der Waals surface area (Å²) < 4.78 is 33.5. The van der Waals surface area contributed by atoms with Gasteiger partial charge in [-0.3, -0.25) is 9.78 Å². The Balaban J connectivity index is 1.38. The number of para-hydroxylation sites is 1. The van der Waals surface area contributed by atoms with E-state index in [1.807, 2.05) is 30.3 Å². The predicted octanol–water partition coefficient (Wildman–Crippen LogP) is 3.24. The smallest absolute Gasteiger partial charge is 0.243 e. The van der Waals surface area contributed by atoms with E-state index in [9.17, 15) is 13.2 Å². The number of fused-ring (bicyclic) bond motifs is 1. The Morgan fingerprint density at radius 3 is 2.77 bits per heavy atom. The number of carbonyl (C=O) groups is 1. The summed E-state index contributed by atoms with van der Waals surface area (Å²) in [7, 11) is -3.76. The van der Waals surface area contributed by atoms with Gasteiger partial charge in [0.15, 0.2) is 0 Å². The first-order valence-electron chi connectivity index (χ1n) is 9.95. The van der Waals surface area contributed by atoms with E-state index in [4.69, 9.17) is 16.3 Å². The van der Waals surface area contributed by atoms with E-state index in [0.29, 0.717) is 34.5 Å². The van der Waals surface area contributed by atoms with Crippen molar-refractivity contribution in [1.29, 1.82) is 0 Å². The number of benzene rings is 2. The average molecular weight is 460 g/mol. The van der Waals surface area contributed by atoms with Gasteiger partial charge in [-0.05, 0) is 24.6 Å². The lowest BCUT2D eigenvalue weighted by Gasteiger charge is -2.19. The van der Waals surface area contributed by atoms with Crippen molar-refractivity contribution in [2.45, 2.75) is 23.8 Å². The molecule has 1 fully saturated rings. The van der Waals surface area contributed by atoms with E-state index in [1.165, 1.54) is 10.5 Å². The molecule has 1 saturated heterocycles. The number of pyridine rings is 1. The van der Waals surface area contributed by atoms with E-state index in [-0.39, 0.29) is 36.4 Å². The Morgan fingerprint density at radius 1 is 1.16 bits per heavy atom. The third kappa shape index (κ3) is 4.81. The molecule has 0 spiro atoms. The van der Waals surface area contributed by atoms with Crippen LogP contribution in [-0.4, -0.2) is 49.4 Å². The van der Waals surface area contributed by atoms with Crippen molar-refractivity contribution in [1.82, 2.24) is 14.6 Å². The quantitative estimate of drug-likeness (QED) is 0.586. The second-order valence-electron chi connectivity index (χ2n) is 7.30. The van der Waals surface area contributed by atoms with Crippen LogP contribution in [0.2, 0.25) is 5.02 Å². The van der Waals surface area contributed by atoms with Crippen LogP contribution >= 0.6 is 11.6 Å². The lowest BCUT2D eigenvalue weighted by Crippen LogP contribution is -2.39. The highest BCUT2D eigenvalue weighted by atomic mass is 35.5. The zero-order valence-electron chi connectivity index (χ0n) is 16.7. The number of ether oxygens (including phenoxy) is 1. The summed E-state index contributed by atoms with van der Waals surface area (Å²) in [6, 6.07) is 14.0. The molecule has 9 heteroatoms. The van der Waals surface area contributed by atoms with Gasteiger partial charge >= 0.3 is 0 Å². The third-order valence-electron chi connectivity index (χ3n) is 5.17. The number of halogens is 1. The summed E-state index contributed by atoms with van der Waals surface area (Å²) in [5.74, 6) is 0.539. The molecule has 7 nitrogen and oxygen atoms in total. The summed E-state index contributed by atoms with van der Waals surface area (Å²) in [5, 5.41) is 4.32. The third-order valence-corrected chi connectivity index (χ3v) is 7.37. The van der Waals surface area contributed by atoms with Crippen LogP contribution in [0.4, 0.5) is 0 Å². The predicted molar refractivity (Wildman–Crippen MR) is 119 cm³/mol. The first-order chi connectivity index (χ1) is 14.9. The second kappa shape index (κ2) is 9.21. The van der Waals surface area contributed by atoms with Gasteiger partial charge in [0, 0.05) is 42.3 Å². The Bertz CT molecular complexity index is 1180. The monoisotopic (exact) mass is 459 g/mol. The molecule has 1 aromatic heterocycles. The van der Waals surface area contributed by atoms with Crippen LogP contribution in [0.25, 0.3) is 10.8 Å². The standard InChI is InChI=1S/C22H22ClN3O4S/c23-19-14-24-13-16-5-4-8-20(22(16)19)31(28,29)26-11-9-17(15-26)25-21(27)10-12-30-18-6-2-1-3-7-18/h1-8,13-14,17H,9-12,15H2,(H,25,27). The molecule has 31 heavy (non-hydrogen) atoms. The zero-order chi connectivity index (χ0) is 21.8. The molecule has 0 radical (unpaired) electrons. The molecule has 4 rings (SSSR count).